The van der Waals surface area contributed by atoms with E-state index in [-0.39, 0.29) is 5.91 Å². The Balaban J connectivity index is 1.86. The predicted molar refractivity (Wildman–Crippen MR) is 82.1 cm³/mol. The first-order valence-corrected chi connectivity index (χ1v) is 8.53. The molecule has 2 heterocycles. The van der Waals surface area contributed by atoms with Gasteiger partial charge >= 0.3 is 0 Å². The van der Waals surface area contributed by atoms with Crippen LogP contribution in [0.5, 0.6) is 0 Å². The maximum Gasteiger partial charge on any atom is 0.271 e. The summed E-state index contributed by atoms with van der Waals surface area (Å²) >= 11 is 3.88. The fourth-order valence-corrected chi connectivity index (χ4v) is 4.31. The number of hydrogen-bond acceptors (Lipinski definition) is 6. The molecule has 0 aliphatic carbocycles. The molecule has 1 fully saturated rings. The second-order valence-corrected chi connectivity index (χ2v) is 6.66. The molecule has 19 heavy (non-hydrogen) atoms. The van der Waals surface area contributed by atoms with Crippen LogP contribution in [0.1, 0.15) is 17.4 Å². The highest BCUT2D eigenvalue weighted by Gasteiger charge is 2.16. The van der Waals surface area contributed by atoms with Gasteiger partial charge in [-0.25, -0.2) is 4.98 Å². The number of aromatic nitrogens is 2. The Labute approximate surface area is 121 Å². The zero-order valence-electron chi connectivity index (χ0n) is 10.9. The van der Waals surface area contributed by atoms with Gasteiger partial charge < -0.3 is 10.6 Å². The van der Waals surface area contributed by atoms with E-state index in [1.165, 1.54) is 17.7 Å². The van der Waals surface area contributed by atoms with E-state index >= 15 is 0 Å². The molecular weight excluding hydrogens is 280 g/mol. The number of carbonyl (C=O) groups is 1. The average molecular weight is 298 g/mol. The van der Waals surface area contributed by atoms with Crippen molar-refractivity contribution in [3.8, 4) is 0 Å². The molecule has 1 unspecified atom stereocenters. The van der Waals surface area contributed by atoms with Crippen molar-refractivity contribution in [2.75, 3.05) is 35.7 Å². The summed E-state index contributed by atoms with van der Waals surface area (Å²) in [4.78, 5) is 20.2. The number of nitrogens with one attached hydrogen (secondary N) is 2. The molecule has 1 atom stereocenters. The summed E-state index contributed by atoms with van der Waals surface area (Å²) in [7, 11) is 0. The zero-order chi connectivity index (χ0) is 13.5. The van der Waals surface area contributed by atoms with Crippen LogP contribution in [0.15, 0.2) is 12.4 Å². The summed E-state index contributed by atoms with van der Waals surface area (Å²) < 4.78 is 0. The molecule has 0 saturated carbocycles. The molecule has 1 amide bonds. The van der Waals surface area contributed by atoms with Gasteiger partial charge in [0.15, 0.2) is 0 Å². The van der Waals surface area contributed by atoms with Gasteiger partial charge in [-0.2, -0.15) is 23.5 Å². The Morgan fingerprint density at radius 3 is 3.11 bits per heavy atom. The molecule has 1 aromatic heterocycles. The first-order chi connectivity index (χ1) is 9.29. The van der Waals surface area contributed by atoms with E-state index in [1.807, 2.05) is 30.4 Å². The van der Waals surface area contributed by atoms with Gasteiger partial charge in [-0.15, -0.1) is 0 Å². The Kier molecular flexibility index (Phi) is 5.78. The topological polar surface area (TPSA) is 66.9 Å². The fourth-order valence-electron chi connectivity index (χ4n) is 1.69. The maximum atomic E-state index is 12.0. The number of anilines is 1. The molecule has 2 rings (SSSR count). The van der Waals surface area contributed by atoms with Gasteiger partial charge in [-0.1, -0.05) is 0 Å². The fraction of sp³-hybridized carbons (Fsp3) is 0.583. The second kappa shape index (κ2) is 7.59. The molecule has 1 saturated heterocycles. The normalized spacial score (nSPS) is 18.9. The van der Waals surface area contributed by atoms with Crippen molar-refractivity contribution in [1.29, 1.82) is 0 Å². The quantitative estimate of drug-likeness (QED) is 0.858. The standard InChI is InChI=1S/C12H18N4OS2/c1-2-14-11-7-13-6-10(16-11)12(17)15-5-9-8-18-3-4-19-9/h6-7,9H,2-5,8H2,1H3,(H,14,16)(H,15,17). The van der Waals surface area contributed by atoms with Crippen LogP contribution < -0.4 is 10.6 Å². The van der Waals surface area contributed by atoms with Crippen LogP contribution in [0.2, 0.25) is 0 Å². The van der Waals surface area contributed by atoms with Crippen LogP contribution >= 0.6 is 23.5 Å². The SMILES string of the molecule is CCNc1cncc(C(=O)NCC2CSCCS2)n1. The van der Waals surface area contributed by atoms with Crippen molar-refractivity contribution in [3.63, 3.8) is 0 Å². The molecule has 0 aromatic carbocycles. The lowest BCUT2D eigenvalue weighted by molar-refractivity contribution is 0.0949. The van der Waals surface area contributed by atoms with Crippen LogP contribution in [-0.4, -0.2) is 51.5 Å². The molecule has 0 spiro atoms. The Bertz CT molecular complexity index is 424. The number of carbonyl (C=O) groups excluding carboxylic acids is 1. The van der Waals surface area contributed by atoms with Crippen molar-refractivity contribution in [3.05, 3.63) is 18.1 Å². The third-order valence-corrected chi connectivity index (χ3v) is 5.45. The molecule has 7 heteroatoms. The lowest BCUT2D eigenvalue weighted by Crippen LogP contribution is -2.34. The molecular formula is C12H18N4OS2. The lowest BCUT2D eigenvalue weighted by atomic mass is 10.4. The predicted octanol–water partition coefficient (Wildman–Crippen LogP) is 1.49. The summed E-state index contributed by atoms with van der Waals surface area (Å²) in [5.41, 5.74) is 0.368. The molecule has 1 aliphatic rings. The third kappa shape index (κ3) is 4.58. The van der Waals surface area contributed by atoms with Gasteiger partial charge in [0.2, 0.25) is 0 Å². The van der Waals surface area contributed by atoms with E-state index in [4.69, 9.17) is 0 Å². The van der Waals surface area contributed by atoms with E-state index in [0.717, 1.165) is 12.3 Å². The van der Waals surface area contributed by atoms with E-state index < -0.39 is 0 Å². The summed E-state index contributed by atoms with van der Waals surface area (Å²) in [6, 6.07) is 0. The first-order valence-electron chi connectivity index (χ1n) is 6.33. The number of rotatable bonds is 5. The number of thioether (sulfide) groups is 2. The van der Waals surface area contributed by atoms with Gasteiger partial charge in [-0.3, -0.25) is 9.78 Å². The zero-order valence-corrected chi connectivity index (χ0v) is 12.5. The highest BCUT2D eigenvalue weighted by Crippen LogP contribution is 2.23. The molecule has 0 radical (unpaired) electrons. The Morgan fingerprint density at radius 1 is 1.47 bits per heavy atom. The lowest BCUT2D eigenvalue weighted by Gasteiger charge is -2.20. The highest BCUT2D eigenvalue weighted by atomic mass is 32.2. The molecule has 104 valence electrons. The van der Waals surface area contributed by atoms with Crippen LogP contribution in [0, 0.1) is 0 Å². The summed E-state index contributed by atoms with van der Waals surface area (Å²) in [5, 5.41) is 6.49. The van der Waals surface area contributed by atoms with Crippen LogP contribution in [0.25, 0.3) is 0 Å². The number of nitrogens with zero attached hydrogens (tertiary/aromatic N) is 2. The van der Waals surface area contributed by atoms with Gasteiger partial charge in [0.1, 0.15) is 11.5 Å². The molecule has 1 aromatic rings. The van der Waals surface area contributed by atoms with Gasteiger partial charge in [-0.05, 0) is 6.92 Å². The Morgan fingerprint density at radius 2 is 2.37 bits per heavy atom. The maximum absolute atomic E-state index is 12.0. The van der Waals surface area contributed by atoms with Crippen molar-refractivity contribution in [2.24, 2.45) is 0 Å². The van der Waals surface area contributed by atoms with E-state index in [2.05, 4.69) is 20.6 Å². The van der Waals surface area contributed by atoms with Crippen LogP contribution in [0.3, 0.4) is 0 Å². The minimum Gasteiger partial charge on any atom is -0.369 e. The minimum atomic E-state index is -0.150. The molecule has 2 N–H and O–H groups in total. The van der Waals surface area contributed by atoms with E-state index in [9.17, 15) is 4.79 Å². The van der Waals surface area contributed by atoms with Crippen LogP contribution in [0.4, 0.5) is 5.82 Å². The van der Waals surface area contributed by atoms with Crippen LogP contribution in [-0.2, 0) is 0 Å². The van der Waals surface area contributed by atoms with Crippen molar-refractivity contribution in [2.45, 2.75) is 12.2 Å². The second-order valence-electron chi connectivity index (χ2n) is 4.10. The highest BCUT2D eigenvalue weighted by molar-refractivity contribution is 8.06. The number of amides is 1. The van der Waals surface area contributed by atoms with Gasteiger partial charge in [0.05, 0.1) is 12.4 Å². The van der Waals surface area contributed by atoms with Crippen molar-refractivity contribution >= 4 is 35.2 Å². The van der Waals surface area contributed by atoms with Crippen molar-refractivity contribution < 1.29 is 4.79 Å². The average Bonchev–Trinajstić information content (AvgIpc) is 2.46. The summed E-state index contributed by atoms with van der Waals surface area (Å²) in [6.45, 7) is 3.44. The largest absolute Gasteiger partial charge is 0.369 e. The Hall–Kier alpha value is -0.950. The smallest absolute Gasteiger partial charge is 0.271 e. The van der Waals surface area contributed by atoms with Crippen molar-refractivity contribution in [1.82, 2.24) is 15.3 Å². The first kappa shape index (κ1) is 14.5. The molecule has 0 bridgehead atoms. The minimum absolute atomic E-state index is 0.150. The van der Waals surface area contributed by atoms with Gasteiger partial charge in [0, 0.05) is 35.6 Å². The molecule has 1 aliphatic heterocycles. The van der Waals surface area contributed by atoms with E-state index in [0.29, 0.717) is 23.3 Å². The monoisotopic (exact) mass is 298 g/mol. The summed E-state index contributed by atoms with van der Waals surface area (Å²) in [5.74, 6) is 3.97. The third-order valence-electron chi connectivity index (χ3n) is 2.60. The number of hydrogen-bond donors (Lipinski definition) is 2. The van der Waals surface area contributed by atoms with Gasteiger partial charge in [0.25, 0.3) is 5.91 Å². The molecule has 5 nitrogen and oxygen atoms in total. The van der Waals surface area contributed by atoms with E-state index in [1.54, 1.807) is 6.20 Å². The summed E-state index contributed by atoms with van der Waals surface area (Å²) in [6.07, 6.45) is 3.12.